The number of carbonyl (C=O) groups is 1. The summed E-state index contributed by atoms with van der Waals surface area (Å²) in [5, 5.41) is 0. The van der Waals surface area contributed by atoms with E-state index in [4.69, 9.17) is 4.74 Å². The molecule has 0 bridgehead atoms. The number of methoxy groups -OCH3 is 1. The van der Waals surface area contributed by atoms with Crippen molar-refractivity contribution in [3.8, 4) is 0 Å². The molecule has 0 radical (unpaired) electrons. The van der Waals surface area contributed by atoms with E-state index < -0.39 is 22.0 Å². The third-order valence-electron chi connectivity index (χ3n) is 4.94. The highest BCUT2D eigenvalue weighted by atomic mass is 32.2. The molecule has 0 saturated carbocycles. The van der Waals surface area contributed by atoms with E-state index in [1.54, 1.807) is 30.0 Å². The number of carbonyl (C=O) groups excluding carboxylic acids is 1. The summed E-state index contributed by atoms with van der Waals surface area (Å²) in [4.78, 5) is 17.4. The summed E-state index contributed by atoms with van der Waals surface area (Å²) in [6.45, 7) is 5.82. The molecule has 0 fully saturated rings. The number of thiazole rings is 1. The van der Waals surface area contributed by atoms with E-state index in [0.717, 1.165) is 32.3 Å². The fourth-order valence-corrected chi connectivity index (χ4v) is 7.20. The molecule has 0 saturated heterocycles. The summed E-state index contributed by atoms with van der Waals surface area (Å²) in [6.07, 6.45) is 1.04. The van der Waals surface area contributed by atoms with Crippen LogP contribution in [0.2, 0.25) is 0 Å². The Hall–Kier alpha value is -1.94. The molecule has 6 nitrogen and oxygen atoms in total. The highest BCUT2D eigenvalue weighted by Crippen LogP contribution is 2.33. The van der Waals surface area contributed by atoms with E-state index in [9.17, 15) is 13.2 Å². The fourth-order valence-electron chi connectivity index (χ4n) is 3.37. The van der Waals surface area contributed by atoms with E-state index in [0.29, 0.717) is 0 Å². The highest BCUT2D eigenvalue weighted by Gasteiger charge is 2.38. The van der Waals surface area contributed by atoms with Crippen LogP contribution in [0.5, 0.6) is 0 Å². The molecule has 9 heteroatoms. The maximum Gasteiger partial charge on any atom is 0.324 e. The quantitative estimate of drug-likeness (QED) is 0.286. The van der Waals surface area contributed by atoms with E-state index in [2.05, 4.69) is 11.9 Å². The summed E-state index contributed by atoms with van der Waals surface area (Å²) < 4.78 is 35.6. The second-order valence-corrected chi connectivity index (χ2v) is 12.0. The van der Waals surface area contributed by atoms with Gasteiger partial charge in [0.2, 0.25) is 10.0 Å². The second-order valence-electron chi connectivity index (χ2n) is 7.71. The summed E-state index contributed by atoms with van der Waals surface area (Å²) in [6, 6.07) is 13.3. The lowest BCUT2D eigenvalue weighted by Gasteiger charge is -2.31. The van der Waals surface area contributed by atoms with Gasteiger partial charge in [0.1, 0.15) is 6.04 Å². The lowest BCUT2D eigenvalue weighted by atomic mass is 10.0. The van der Waals surface area contributed by atoms with Crippen LogP contribution in [-0.4, -0.2) is 42.6 Å². The molecule has 3 aromatic rings. The van der Waals surface area contributed by atoms with Crippen LogP contribution in [0.25, 0.3) is 10.2 Å². The maximum atomic E-state index is 13.8. The number of ether oxygens (including phenoxy) is 1. The van der Waals surface area contributed by atoms with Gasteiger partial charge in [0, 0.05) is 12.3 Å². The lowest BCUT2D eigenvalue weighted by molar-refractivity contribution is -0.146. The Morgan fingerprint density at radius 1 is 1.19 bits per heavy atom. The summed E-state index contributed by atoms with van der Waals surface area (Å²) >= 11 is 3.16. The van der Waals surface area contributed by atoms with Gasteiger partial charge in [0.15, 0.2) is 4.34 Å². The van der Waals surface area contributed by atoms with Gasteiger partial charge in [0.25, 0.3) is 0 Å². The van der Waals surface area contributed by atoms with Crippen LogP contribution in [0.4, 0.5) is 0 Å². The number of rotatable bonds is 10. The molecular weight excluding hydrogens is 464 g/mol. The molecule has 0 spiro atoms. The zero-order valence-electron chi connectivity index (χ0n) is 18.6. The van der Waals surface area contributed by atoms with Crippen LogP contribution in [0.1, 0.15) is 32.8 Å². The minimum atomic E-state index is -3.99. The molecule has 1 atom stereocenters. The van der Waals surface area contributed by atoms with Crippen molar-refractivity contribution in [3.05, 3.63) is 54.1 Å². The minimum Gasteiger partial charge on any atom is -0.468 e. The third-order valence-corrected chi connectivity index (χ3v) is 9.13. The molecule has 0 N–H and O–H groups in total. The molecule has 0 aliphatic heterocycles. The Balaban J connectivity index is 2.06. The Morgan fingerprint density at radius 2 is 1.91 bits per heavy atom. The molecule has 0 amide bonds. The van der Waals surface area contributed by atoms with Crippen LogP contribution in [-0.2, 0) is 26.1 Å². The zero-order chi connectivity index (χ0) is 23.3. The van der Waals surface area contributed by atoms with Crippen molar-refractivity contribution in [2.24, 2.45) is 5.92 Å². The predicted molar refractivity (Wildman–Crippen MR) is 130 cm³/mol. The van der Waals surface area contributed by atoms with E-state index in [1.165, 1.54) is 22.8 Å². The number of nitrogens with zero attached hydrogens (tertiary/aromatic N) is 2. The standard InChI is InChI=1S/C23H28N2O4S3/c1-5-13-30-23-24-19-12-11-18(14-20(19)31-23)32(27,28)25(15-17-9-7-6-8-10-17)21(16(2)3)22(26)29-4/h6-12,14,16,21H,5,13,15H2,1-4H3/t21-/m1/s1. The smallest absolute Gasteiger partial charge is 0.324 e. The summed E-state index contributed by atoms with van der Waals surface area (Å²) in [5.74, 6) is 0.118. The molecular formula is C23H28N2O4S3. The predicted octanol–water partition coefficient (Wildman–Crippen LogP) is 5.19. The third kappa shape index (κ3) is 5.51. The average Bonchev–Trinajstić information content (AvgIpc) is 3.19. The van der Waals surface area contributed by atoms with Crippen molar-refractivity contribution in [3.63, 3.8) is 0 Å². The van der Waals surface area contributed by atoms with Gasteiger partial charge in [-0.2, -0.15) is 4.31 Å². The normalized spacial score (nSPS) is 13.1. The molecule has 0 aliphatic rings. The van der Waals surface area contributed by atoms with Gasteiger partial charge in [-0.15, -0.1) is 11.3 Å². The van der Waals surface area contributed by atoms with Crippen LogP contribution < -0.4 is 0 Å². The average molecular weight is 493 g/mol. The summed E-state index contributed by atoms with van der Waals surface area (Å²) in [7, 11) is -2.71. The van der Waals surface area contributed by atoms with Crippen LogP contribution in [0.3, 0.4) is 0 Å². The highest BCUT2D eigenvalue weighted by molar-refractivity contribution is 8.01. The summed E-state index contributed by atoms with van der Waals surface area (Å²) in [5.41, 5.74) is 1.57. The minimum absolute atomic E-state index is 0.0689. The molecule has 0 aliphatic carbocycles. The number of sulfonamides is 1. The molecule has 172 valence electrons. The Morgan fingerprint density at radius 3 is 2.53 bits per heavy atom. The number of esters is 1. The second kappa shape index (κ2) is 10.8. The van der Waals surface area contributed by atoms with E-state index in [1.807, 2.05) is 44.2 Å². The van der Waals surface area contributed by atoms with E-state index >= 15 is 0 Å². The SMILES string of the molecule is CCCSc1nc2ccc(S(=O)(=O)N(Cc3ccccc3)[C@@H](C(=O)OC)C(C)C)cc2s1. The van der Waals surface area contributed by atoms with Gasteiger partial charge in [-0.3, -0.25) is 4.79 Å². The Kier molecular flexibility index (Phi) is 8.32. The van der Waals surface area contributed by atoms with Crippen molar-refractivity contribution in [2.75, 3.05) is 12.9 Å². The zero-order valence-corrected chi connectivity index (χ0v) is 21.1. The molecule has 1 aromatic heterocycles. The number of aromatic nitrogens is 1. The topological polar surface area (TPSA) is 76.6 Å². The van der Waals surface area contributed by atoms with Gasteiger partial charge in [0.05, 0.1) is 22.2 Å². The number of hydrogen-bond acceptors (Lipinski definition) is 7. The first-order valence-electron chi connectivity index (χ1n) is 10.4. The fraction of sp³-hybridized carbons (Fsp3) is 0.391. The number of thioether (sulfide) groups is 1. The first kappa shape index (κ1) is 24.7. The van der Waals surface area contributed by atoms with Crippen LogP contribution in [0.15, 0.2) is 57.8 Å². The van der Waals surface area contributed by atoms with Gasteiger partial charge in [-0.1, -0.05) is 62.9 Å². The van der Waals surface area contributed by atoms with Crippen molar-refractivity contribution < 1.29 is 17.9 Å². The van der Waals surface area contributed by atoms with Crippen LogP contribution in [0, 0.1) is 5.92 Å². The lowest BCUT2D eigenvalue weighted by Crippen LogP contribution is -2.48. The van der Waals surface area contributed by atoms with Gasteiger partial charge in [-0.25, -0.2) is 13.4 Å². The van der Waals surface area contributed by atoms with Crippen molar-refractivity contribution in [1.29, 1.82) is 0 Å². The maximum absolute atomic E-state index is 13.8. The molecule has 1 heterocycles. The Bertz CT molecular complexity index is 1160. The molecule has 32 heavy (non-hydrogen) atoms. The Labute approximate surface area is 198 Å². The van der Waals surface area contributed by atoms with Crippen molar-refractivity contribution >= 4 is 49.3 Å². The van der Waals surface area contributed by atoms with Crippen molar-refractivity contribution in [2.45, 2.75) is 49.0 Å². The largest absolute Gasteiger partial charge is 0.468 e. The monoisotopic (exact) mass is 492 g/mol. The van der Waals surface area contributed by atoms with Gasteiger partial charge in [-0.05, 0) is 36.1 Å². The van der Waals surface area contributed by atoms with Crippen LogP contribution >= 0.6 is 23.1 Å². The number of benzene rings is 2. The molecule has 3 rings (SSSR count). The van der Waals surface area contributed by atoms with E-state index in [-0.39, 0.29) is 17.4 Å². The number of hydrogen-bond donors (Lipinski definition) is 0. The first-order valence-corrected chi connectivity index (χ1v) is 13.7. The van der Waals surface area contributed by atoms with Gasteiger partial charge >= 0.3 is 5.97 Å². The van der Waals surface area contributed by atoms with Crippen molar-refractivity contribution in [1.82, 2.24) is 9.29 Å². The first-order chi connectivity index (χ1) is 15.3. The van der Waals surface area contributed by atoms with Gasteiger partial charge < -0.3 is 4.74 Å². The number of fused-ring (bicyclic) bond motifs is 1. The molecule has 2 aromatic carbocycles. The molecule has 0 unspecified atom stereocenters.